The lowest BCUT2D eigenvalue weighted by Gasteiger charge is -2.12. The Hall–Kier alpha value is -1.06. The van der Waals surface area contributed by atoms with Gasteiger partial charge in [-0.05, 0) is 13.3 Å². The molecule has 0 aromatic carbocycles. The predicted octanol–water partition coefficient (Wildman–Crippen LogP) is 1.64. The molecule has 0 saturated carbocycles. The van der Waals surface area contributed by atoms with Gasteiger partial charge in [0.2, 0.25) is 0 Å². The van der Waals surface area contributed by atoms with Crippen LogP contribution in [0.15, 0.2) is 10.2 Å². The molecule has 0 unspecified atom stereocenters. The Bertz CT molecular complexity index is 216. The Labute approximate surface area is 87.3 Å². The zero-order chi connectivity index (χ0) is 11.1. The van der Waals surface area contributed by atoms with Crippen LogP contribution in [0.4, 0.5) is 0 Å². The fraction of sp³-hybridized carbons (Fsp3) is 0.800. The van der Waals surface area contributed by atoms with Crippen LogP contribution in [0.25, 0.3) is 0 Å². The zero-order valence-electron chi connectivity index (χ0n) is 10.2. The van der Waals surface area contributed by atoms with Crippen molar-refractivity contribution in [3.8, 4) is 0 Å². The highest BCUT2D eigenvalue weighted by Crippen LogP contribution is 1.98. The zero-order valence-corrected chi connectivity index (χ0v) is 10.2. The summed E-state index contributed by atoms with van der Waals surface area (Å²) in [4.78, 5) is 0. The molecule has 0 aliphatic rings. The van der Waals surface area contributed by atoms with E-state index in [1.807, 2.05) is 40.1 Å². The van der Waals surface area contributed by atoms with Crippen LogP contribution in [0.1, 0.15) is 26.7 Å². The van der Waals surface area contributed by atoms with Crippen molar-refractivity contribution in [2.75, 3.05) is 28.2 Å². The molecule has 0 heterocycles. The Morgan fingerprint density at radius 1 is 1.00 bits per heavy atom. The van der Waals surface area contributed by atoms with Crippen molar-refractivity contribution in [3.05, 3.63) is 0 Å². The summed E-state index contributed by atoms with van der Waals surface area (Å²) in [6, 6.07) is 0. The third kappa shape index (κ3) is 5.56. The number of hydrogen-bond donors (Lipinski definition) is 0. The predicted molar refractivity (Wildman–Crippen MR) is 62.8 cm³/mol. The molecule has 82 valence electrons. The highest BCUT2D eigenvalue weighted by molar-refractivity contribution is 6.41. The van der Waals surface area contributed by atoms with Crippen LogP contribution in [0.2, 0.25) is 0 Å². The van der Waals surface area contributed by atoms with E-state index in [1.165, 1.54) is 0 Å². The van der Waals surface area contributed by atoms with Gasteiger partial charge in [0.1, 0.15) is 0 Å². The van der Waals surface area contributed by atoms with E-state index in [0.717, 1.165) is 24.3 Å². The first-order valence-electron chi connectivity index (χ1n) is 4.95. The van der Waals surface area contributed by atoms with E-state index in [0.29, 0.717) is 0 Å². The van der Waals surface area contributed by atoms with Gasteiger partial charge in [-0.3, -0.25) is 0 Å². The third-order valence-electron chi connectivity index (χ3n) is 1.58. The Kier molecular flexibility index (Phi) is 5.92. The normalized spacial score (nSPS) is 13.0. The summed E-state index contributed by atoms with van der Waals surface area (Å²) < 4.78 is 0. The van der Waals surface area contributed by atoms with E-state index in [-0.39, 0.29) is 0 Å². The second-order valence-corrected chi connectivity index (χ2v) is 3.68. The van der Waals surface area contributed by atoms with E-state index in [9.17, 15) is 0 Å². The van der Waals surface area contributed by atoms with Gasteiger partial charge >= 0.3 is 0 Å². The van der Waals surface area contributed by atoms with Crippen molar-refractivity contribution in [1.82, 2.24) is 10.0 Å². The maximum atomic E-state index is 4.41. The van der Waals surface area contributed by atoms with Crippen molar-refractivity contribution in [2.24, 2.45) is 10.2 Å². The summed E-state index contributed by atoms with van der Waals surface area (Å²) in [5, 5.41) is 12.4. The summed E-state index contributed by atoms with van der Waals surface area (Å²) in [7, 11) is 7.70. The molecule has 4 heteroatoms. The monoisotopic (exact) mass is 198 g/mol. The second-order valence-electron chi connectivity index (χ2n) is 3.68. The van der Waals surface area contributed by atoms with Crippen LogP contribution in [0.3, 0.4) is 0 Å². The minimum Gasteiger partial charge on any atom is -0.303 e. The lowest BCUT2D eigenvalue weighted by molar-refractivity contribution is 0.432. The number of hydrazone groups is 2. The van der Waals surface area contributed by atoms with Gasteiger partial charge < -0.3 is 10.0 Å². The minimum atomic E-state index is 0.974. The van der Waals surface area contributed by atoms with Gasteiger partial charge in [0.15, 0.2) is 0 Å². The fourth-order valence-corrected chi connectivity index (χ4v) is 1.14. The van der Waals surface area contributed by atoms with Gasteiger partial charge in [0.25, 0.3) is 0 Å². The highest BCUT2D eigenvalue weighted by atomic mass is 15.4. The van der Waals surface area contributed by atoms with Gasteiger partial charge in [-0.15, -0.1) is 0 Å². The molecule has 0 aliphatic heterocycles. The molecule has 0 amide bonds. The molecule has 0 aliphatic carbocycles. The molecule has 0 aromatic heterocycles. The van der Waals surface area contributed by atoms with E-state index in [1.54, 1.807) is 5.01 Å². The van der Waals surface area contributed by atoms with E-state index >= 15 is 0 Å². The molecule has 0 aromatic rings. The molecule has 0 atom stereocenters. The van der Waals surface area contributed by atoms with Crippen molar-refractivity contribution in [2.45, 2.75) is 26.7 Å². The number of nitrogens with zero attached hydrogens (tertiary/aromatic N) is 4. The smallest absolute Gasteiger partial charge is 0.0834 e. The van der Waals surface area contributed by atoms with Crippen LogP contribution < -0.4 is 0 Å². The van der Waals surface area contributed by atoms with E-state index < -0.39 is 0 Å². The molecular weight excluding hydrogens is 176 g/mol. The van der Waals surface area contributed by atoms with Gasteiger partial charge in [-0.2, -0.15) is 10.2 Å². The quantitative estimate of drug-likeness (QED) is 0.497. The lowest BCUT2D eigenvalue weighted by atomic mass is 10.1. The third-order valence-corrected chi connectivity index (χ3v) is 1.58. The van der Waals surface area contributed by atoms with Crippen LogP contribution in [-0.4, -0.2) is 49.6 Å². The van der Waals surface area contributed by atoms with E-state index in [4.69, 9.17) is 0 Å². The van der Waals surface area contributed by atoms with E-state index in [2.05, 4.69) is 17.1 Å². The van der Waals surface area contributed by atoms with Gasteiger partial charge in [0.05, 0.1) is 11.4 Å². The molecular formula is C10H22N4. The molecule has 0 N–H and O–H groups in total. The Morgan fingerprint density at radius 2 is 1.50 bits per heavy atom. The standard InChI is InChI=1S/C10H22N4/c1-7-8-10(12-14(5)6)9(2)11-13(3)4/h7-8H2,1-6H3/b11-9+,12-10+. The molecule has 4 nitrogen and oxygen atoms in total. The molecule has 0 bridgehead atoms. The largest absolute Gasteiger partial charge is 0.303 e. The molecule has 0 fully saturated rings. The van der Waals surface area contributed by atoms with Crippen LogP contribution in [0.5, 0.6) is 0 Å². The van der Waals surface area contributed by atoms with Crippen LogP contribution in [-0.2, 0) is 0 Å². The molecule has 0 spiro atoms. The highest BCUT2D eigenvalue weighted by Gasteiger charge is 2.04. The molecule has 14 heavy (non-hydrogen) atoms. The van der Waals surface area contributed by atoms with Gasteiger partial charge in [0, 0.05) is 28.2 Å². The van der Waals surface area contributed by atoms with Crippen molar-refractivity contribution >= 4 is 11.4 Å². The first-order chi connectivity index (χ1) is 6.47. The fourth-order valence-electron chi connectivity index (χ4n) is 1.14. The summed E-state index contributed by atoms with van der Waals surface area (Å²) in [6.07, 6.45) is 2.06. The van der Waals surface area contributed by atoms with Crippen LogP contribution >= 0.6 is 0 Å². The first-order valence-corrected chi connectivity index (χ1v) is 4.95. The molecule has 0 radical (unpaired) electrons. The molecule has 0 rings (SSSR count). The maximum Gasteiger partial charge on any atom is 0.0834 e. The van der Waals surface area contributed by atoms with Crippen molar-refractivity contribution in [3.63, 3.8) is 0 Å². The summed E-state index contributed by atoms with van der Waals surface area (Å²) in [5.41, 5.74) is 2.05. The maximum absolute atomic E-state index is 4.41. The average molecular weight is 198 g/mol. The van der Waals surface area contributed by atoms with Gasteiger partial charge in [-0.25, -0.2) is 0 Å². The Balaban J connectivity index is 4.65. The SMILES string of the molecule is CCCC(=N\N(C)C)/C(C)=N/N(C)C. The summed E-state index contributed by atoms with van der Waals surface area (Å²) in [5.74, 6) is 0. The number of rotatable bonds is 5. The Morgan fingerprint density at radius 3 is 1.86 bits per heavy atom. The second kappa shape index (κ2) is 6.40. The van der Waals surface area contributed by atoms with Crippen molar-refractivity contribution < 1.29 is 0 Å². The van der Waals surface area contributed by atoms with Crippen molar-refractivity contribution in [1.29, 1.82) is 0 Å². The lowest BCUT2D eigenvalue weighted by Crippen LogP contribution is -2.19. The minimum absolute atomic E-state index is 0.974. The average Bonchev–Trinajstić information content (AvgIpc) is 2.01. The topological polar surface area (TPSA) is 31.2 Å². The summed E-state index contributed by atoms with van der Waals surface area (Å²) in [6.45, 7) is 4.14. The first kappa shape index (κ1) is 12.9. The number of hydrogen-bond acceptors (Lipinski definition) is 4. The van der Waals surface area contributed by atoms with Crippen LogP contribution in [0, 0.1) is 0 Å². The van der Waals surface area contributed by atoms with Gasteiger partial charge in [-0.1, -0.05) is 13.3 Å². The molecule has 0 saturated heterocycles. The summed E-state index contributed by atoms with van der Waals surface area (Å²) >= 11 is 0.